The van der Waals surface area contributed by atoms with Crippen molar-refractivity contribution in [2.75, 3.05) is 25.0 Å². The minimum absolute atomic E-state index is 0.169. The van der Waals surface area contributed by atoms with E-state index in [4.69, 9.17) is 5.11 Å². The Hall–Kier alpha value is -2.04. The van der Waals surface area contributed by atoms with Crippen LogP contribution >= 0.6 is 0 Å². The Morgan fingerprint density at radius 1 is 1.33 bits per heavy atom. The number of anilines is 1. The van der Waals surface area contributed by atoms with Crippen molar-refractivity contribution >= 4 is 17.6 Å². The van der Waals surface area contributed by atoms with Crippen LogP contribution in [0.25, 0.3) is 0 Å². The predicted molar refractivity (Wildman–Crippen MR) is 79.5 cm³/mol. The topological polar surface area (TPSA) is 69.6 Å². The first-order valence-electron chi connectivity index (χ1n) is 7.51. The summed E-state index contributed by atoms with van der Waals surface area (Å²) in [5.74, 6) is -0.645. The molecule has 0 unspecified atom stereocenters. The Morgan fingerprint density at radius 3 is 2.86 bits per heavy atom. The summed E-state index contributed by atoms with van der Waals surface area (Å²) in [6, 6.07) is 5.63. The van der Waals surface area contributed by atoms with Crippen molar-refractivity contribution < 1.29 is 14.7 Å². The monoisotopic (exact) mass is 288 g/mol. The third-order valence-corrected chi connectivity index (χ3v) is 4.08. The van der Waals surface area contributed by atoms with E-state index in [1.165, 1.54) is 4.90 Å². The second-order valence-electron chi connectivity index (χ2n) is 5.93. The van der Waals surface area contributed by atoms with E-state index < -0.39 is 5.97 Å². The molecule has 1 heterocycles. The zero-order valence-electron chi connectivity index (χ0n) is 12.0. The highest BCUT2D eigenvalue weighted by atomic mass is 16.4. The number of fused-ring (bicyclic) bond motifs is 1. The molecule has 5 nitrogen and oxygen atoms in total. The first kappa shape index (κ1) is 13.9. The van der Waals surface area contributed by atoms with Crippen LogP contribution in [0.4, 0.5) is 5.69 Å². The molecule has 0 saturated heterocycles. The molecule has 1 aromatic carbocycles. The van der Waals surface area contributed by atoms with E-state index in [0.29, 0.717) is 18.0 Å². The summed E-state index contributed by atoms with van der Waals surface area (Å²) in [5, 5.41) is 12.3. The zero-order chi connectivity index (χ0) is 14.8. The van der Waals surface area contributed by atoms with Gasteiger partial charge in [-0.3, -0.25) is 9.59 Å². The van der Waals surface area contributed by atoms with E-state index >= 15 is 0 Å². The van der Waals surface area contributed by atoms with Gasteiger partial charge in [0.05, 0.1) is 0 Å². The molecule has 3 rings (SSSR count). The van der Waals surface area contributed by atoms with Gasteiger partial charge < -0.3 is 15.3 Å². The molecular weight excluding hydrogens is 268 g/mol. The molecule has 1 aliphatic heterocycles. The van der Waals surface area contributed by atoms with Crippen LogP contribution in [0, 0.1) is 5.92 Å². The fourth-order valence-corrected chi connectivity index (χ4v) is 2.79. The summed E-state index contributed by atoms with van der Waals surface area (Å²) in [5.41, 5.74) is 2.83. The van der Waals surface area contributed by atoms with Crippen LogP contribution in [0.5, 0.6) is 0 Å². The molecule has 21 heavy (non-hydrogen) atoms. The van der Waals surface area contributed by atoms with E-state index in [1.807, 2.05) is 12.1 Å². The molecule has 0 bridgehead atoms. The van der Waals surface area contributed by atoms with Crippen molar-refractivity contribution in [3.63, 3.8) is 0 Å². The lowest BCUT2D eigenvalue weighted by molar-refractivity contribution is -0.137. The van der Waals surface area contributed by atoms with Gasteiger partial charge >= 0.3 is 5.97 Å². The fraction of sp³-hybridized carbons (Fsp3) is 0.500. The molecule has 2 N–H and O–H groups in total. The highest BCUT2D eigenvalue weighted by Gasteiger charge is 2.28. The average molecular weight is 288 g/mol. The second-order valence-corrected chi connectivity index (χ2v) is 5.93. The fourth-order valence-electron chi connectivity index (χ4n) is 2.79. The molecular formula is C16H20N2O3. The molecule has 2 aliphatic rings. The number of carboxylic acid groups (broad SMARTS) is 1. The average Bonchev–Trinajstić information content (AvgIpc) is 3.29. The van der Waals surface area contributed by atoms with Crippen LogP contribution in [-0.2, 0) is 11.2 Å². The molecule has 1 amide bonds. The standard InChI is InChI=1S/C16H20N2O3/c19-15(20)10-18(9-11-3-4-11)16(21)13-5-6-14-12(8-13)2-1-7-17-14/h5-6,8,11,17H,1-4,7,9-10H2,(H,19,20). The maximum Gasteiger partial charge on any atom is 0.323 e. The molecule has 112 valence electrons. The second kappa shape index (κ2) is 5.76. The molecule has 1 saturated carbocycles. The Bertz CT molecular complexity index is 567. The molecule has 1 fully saturated rings. The van der Waals surface area contributed by atoms with E-state index in [-0.39, 0.29) is 12.5 Å². The van der Waals surface area contributed by atoms with Crippen LogP contribution in [0.15, 0.2) is 18.2 Å². The number of aryl methyl sites for hydroxylation is 1. The van der Waals surface area contributed by atoms with Gasteiger partial charge in [0, 0.05) is 24.3 Å². The smallest absolute Gasteiger partial charge is 0.323 e. The summed E-state index contributed by atoms with van der Waals surface area (Å²) in [4.78, 5) is 25.0. The highest BCUT2D eigenvalue weighted by molar-refractivity contribution is 5.96. The number of rotatable bonds is 5. The molecule has 5 heteroatoms. The highest BCUT2D eigenvalue weighted by Crippen LogP contribution is 2.30. The summed E-state index contributed by atoms with van der Waals surface area (Å²) in [6.45, 7) is 1.30. The Morgan fingerprint density at radius 2 is 2.14 bits per heavy atom. The third-order valence-electron chi connectivity index (χ3n) is 4.08. The van der Waals surface area contributed by atoms with Crippen molar-refractivity contribution in [1.29, 1.82) is 0 Å². The normalized spacial score (nSPS) is 16.8. The van der Waals surface area contributed by atoms with E-state index in [2.05, 4.69) is 5.32 Å². The maximum absolute atomic E-state index is 12.6. The molecule has 0 radical (unpaired) electrons. The first-order chi connectivity index (χ1) is 10.1. The molecule has 0 atom stereocenters. The van der Waals surface area contributed by atoms with Gasteiger partial charge in [0.15, 0.2) is 0 Å². The van der Waals surface area contributed by atoms with Crippen molar-refractivity contribution in [2.24, 2.45) is 5.92 Å². The van der Waals surface area contributed by atoms with Crippen LogP contribution in [0.3, 0.4) is 0 Å². The number of aliphatic carboxylic acids is 1. The van der Waals surface area contributed by atoms with Crippen LogP contribution in [0.1, 0.15) is 35.2 Å². The minimum atomic E-state index is -0.955. The molecule has 0 aromatic heterocycles. The number of amides is 1. The van der Waals surface area contributed by atoms with Gasteiger partial charge in [0.2, 0.25) is 0 Å². The van der Waals surface area contributed by atoms with Crippen LogP contribution in [-0.4, -0.2) is 41.5 Å². The molecule has 0 spiro atoms. The van der Waals surface area contributed by atoms with Gasteiger partial charge in [-0.05, 0) is 55.4 Å². The number of carbonyl (C=O) groups is 2. The van der Waals surface area contributed by atoms with Crippen molar-refractivity contribution in [3.05, 3.63) is 29.3 Å². The third kappa shape index (κ3) is 3.35. The van der Waals surface area contributed by atoms with Crippen LogP contribution < -0.4 is 5.32 Å². The van der Waals surface area contributed by atoms with Gasteiger partial charge in [-0.2, -0.15) is 0 Å². The van der Waals surface area contributed by atoms with Crippen molar-refractivity contribution in [3.8, 4) is 0 Å². The lowest BCUT2D eigenvalue weighted by atomic mass is 10.0. The summed E-state index contributed by atoms with van der Waals surface area (Å²) in [6.07, 6.45) is 4.21. The first-order valence-corrected chi connectivity index (χ1v) is 7.51. The lowest BCUT2D eigenvalue weighted by Gasteiger charge is -2.23. The number of carboxylic acids is 1. The quantitative estimate of drug-likeness (QED) is 0.869. The van der Waals surface area contributed by atoms with Crippen molar-refractivity contribution in [2.45, 2.75) is 25.7 Å². The van der Waals surface area contributed by atoms with Gasteiger partial charge in [-0.1, -0.05) is 0 Å². The number of hydrogen-bond donors (Lipinski definition) is 2. The number of benzene rings is 1. The van der Waals surface area contributed by atoms with Crippen LogP contribution in [0.2, 0.25) is 0 Å². The maximum atomic E-state index is 12.6. The lowest BCUT2D eigenvalue weighted by Crippen LogP contribution is -2.37. The van der Waals surface area contributed by atoms with Gasteiger partial charge in [-0.25, -0.2) is 0 Å². The zero-order valence-corrected chi connectivity index (χ0v) is 12.0. The minimum Gasteiger partial charge on any atom is -0.480 e. The number of nitrogens with one attached hydrogen (secondary N) is 1. The van der Waals surface area contributed by atoms with Gasteiger partial charge in [0.1, 0.15) is 6.54 Å². The summed E-state index contributed by atoms with van der Waals surface area (Å²) in [7, 11) is 0. The predicted octanol–water partition coefficient (Wildman–Crippen LogP) is 1.98. The van der Waals surface area contributed by atoms with Gasteiger partial charge in [0.25, 0.3) is 5.91 Å². The number of carbonyl (C=O) groups excluding carboxylic acids is 1. The molecule has 1 aromatic rings. The summed E-state index contributed by atoms with van der Waals surface area (Å²) >= 11 is 0. The van der Waals surface area contributed by atoms with Gasteiger partial charge in [-0.15, -0.1) is 0 Å². The van der Waals surface area contributed by atoms with Crippen molar-refractivity contribution in [1.82, 2.24) is 4.90 Å². The van der Waals surface area contributed by atoms with E-state index in [0.717, 1.165) is 43.5 Å². The Kier molecular flexibility index (Phi) is 3.82. The molecule has 1 aliphatic carbocycles. The number of hydrogen-bond acceptors (Lipinski definition) is 3. The summed E-state index contributed by atoms with van der Waals surface area (Å²) < 4.78 is 0. The Balaban J connectivity index is 1.79. The van der Waals surface area contributed by atoms with E-state index in [9.17, 15) is 9.59 Å². The van der Waals surface area contributed by atoms with E-state index in [1.54, 1.807) is 6.07 Å². The SMILES string of the molecule is O=C(O)CN(CC1CC1)C(=O)c1ccc2c(c1)CCCN2. The Labute approximate surface area is 123 Å². The number of nitrogens with zero attached hydrogens (tertiary/aromatic N) is 1. The largest absolute Gasteiger partial charge is 0.480 e.